The summed E-state index contributed by atoms with van der Waals surface area (Å²) in [6.45, 7) is 10.5. The zero-order valence-electron chi connectivity index (χ0n) is 13.0. The topological polar surface area (TPSA) is 46.3 Å². The highest BCUT2D eigenvalue weighted by Gasteiger charge is 2.35. The fourth-order valence-electron chi connectivity index (χ4n) is 2.91. The van der Waals surface area contributed by atoms with Crippen molar-refractivity contribution < 1.29 is 4.79 Å². The summed E-state index contributed by atoms with van der Waals surface area (Å²) in [5.74, 6) is 0.707. The molecule has 1 amide bonds. The molecule has 0 spiro atoms. The van der Waals surface area contributed by atoms with E-state index in [2.05, 4.69) is 20.8 Å². The third kappa shape index (κ3) is 3.14. The van der Waals surface area contributed by atoms with E-state index in [-0.39, 0.29) is 17.2 Å². The van der Waals surface area contributed by atoms with E-state index in [1.54, 1.807) is 0 Å². The number of nitrogen functional groups attached to an aromatic ring is 1. The molecule has 0 saturated carbocycles. The highest BCUT2D eigenvalue weighted by molar-refractivity contribution is 5.83. The van der Waals surface area contributed by atoms with Crippen molar-refractivity contribution in [3.8, 4) is 0 Å². The Kier molecular flexibility index (Phi) is 4.07. The van der Waals surface area contributed by atoms with E-state index in [1.807, 2.05) is 36.1 Å². The van der Waals surface area contributed by atoms with Gasteiger partial charge in [-0.2, -0.15) is 0 Å². The van der Waals surface area contributed by atoms with E-state index in [1.165, 1.54) is 0 Å². The van der Waals surface area contributed by atoms with Gasteiger partial charge in [-0.3, -0.25) is 4.79 Å². The predicted molar refractivity (Wildman–Crippen MR) is 83.4 cm³/mol. The number of carbonyl (C=O) groups is 1. The number of hydrogen-bond donors (Lipinski definition) is 1. The van der Waals surface area contributed by atoms with Gasteiger partial charge in [0.05, 0.1) is 5.92 Å². The molecular formula is C17H26N2O. The zero-order valence-corrected chi connectivity index (χ0v) is 13.0. The van der Waals surface area contributed by atoms with Gasteiger partial charge in [0, 0.05) is 18.8 Å². The van der Waals surface area contributed by atoms with Crippen LogP contribution in [-0.4, -0.2) is 23.9 Å². The number of benzene rings is 1. The van der Waals surface area contributed by atoms with E-state index in [4.69, 9.17) is 5.73 Å². The number of nitrogens with two attached hydrogens (primary N) is 1. The molecule has 0 radical (unpaired) electrons. The Bertz CT molecular complexity index is 490. The van der Waals surface area contributed by atoms with E-state index >= 15 is 0 Å². The molecule has 2 atom stereocenters. The Morgan fingerprint density at radius 2 is 2.10 bits per heavy atom. The molecule has 0 bridgehead atoms. The fourth-order valence-corrected chi connectivity index (χ4v) is 2.91. The second-order valence-electron chi connectivity index (χ2n) is 7.03. The zero-order chi connectivity index (χ0) is 14.9. The molecule has 1 aromatic rings. The van der Waals surface area contributed by atoms with Crippen LogP contribution in [0.2, 0.25) is 0 Å². The number of carbonyl (C=O) groups excluding carboxylic acids is 1. The number of rotatable bonds is 2. The molecule has 20 heavy (non-hydrogen) atoms. The Morgan fingerprint density at radius 3 is 2.65 bits per heavy atom. The molecule has 1 aliphatic heterocycles. The highest BCUT2D eigenvalue weighted by Crippen LogP contribution is 2.34. The average Bonchev–Trinajstić information content (AvgIpc) is 2.86. The number of anilines is 1. The van der Waals surface area contributed by atoms with Gasteiger partial charge in [0.25, 0.3) is 0 Å². The predicted octanol–water partition coefficient (Wildman–Crippen LogP) is 3.27. The van der Waals surface area contributed by atoms with E-state index in [0.717, 1.165) is 30.8 Å². The molecule has 0 aromatic heterocycles. The second kappa shape index (κ2) is 5.47. The highest BCUT2D eigenvalue weighted by atomic mass is 16.2. The largest absolute Gasteiger partial charge is 0.399 e. The van der Waals surface area contributed by atoms with Gasteiger partial charge in [0.1, 0.15) is 0 Å². The first-order chi connectivity index (χ1) is 9.29. The summed E-state index contributed by atoms with van der Waals surface area (Å²) < 4.78 is 0. The Balaban J connectivity index is 2.05. The Labute approximate surface area is 122 Å². The summed E-state index contributed by atoms with van der Waals surface area (Å²) in [5.41, 5.74) is 7.80. The first-order valence-corrected chi connectivity index (χ1v) is 7.43. The van der Waals surface area contributed by atoms with Crippen LogP contribution in [-0.2, 0) is 4.79 Å². The third-order valence-corrected chi connectivity index (χ3v) is 4.51. The molecule has 3 nitrogen and oxygen atoms in total. The lowest BCUT2D eigenvalue weighted by molar-refractivity contribution is -0.131. The SMILES string of the molecule is CC(C(=O)N1CCC(C(C)(C)C)C1)c1cccc(N)c1. The summed E-state index contributed by atoms with van der Waals surface area (Å²) in [6, 6.07) is 7.65. The van der Waals surface area contributed by atoms with E-state index in [9.17, 15) is 4.79 Å². The lowest BCUT2D eigenvalue weighted by Gasteiger charge is -2.27. The monoisotopic (exact) mass is 274 g/mol. The summed E-state index contributed by atoms with van der Waals surface area (Å²) in [4.78, 5) is 14.6. The maximum atomic E-state index is 12.6. The number of hydrogen-bond acceptors (Lipinski definition) is 2. The molecule has 0 aliphatic carbocycles. The van der Waals surface area contributed by atoms with Crippen LogP contribution in [0.1, 0.15) is 45.6 Å². The third-order valence-electron chi connectivity index (χ3n) is 4.51. The number of likely N-dealkylation sites (tertiary alicyclic amines) is 1. The Hall–Kier alpha value is -1.51. The van der Waals surface area contributed by atoms with Gasteiger partial charge in [-0.15, -0.1) is 0 Å². The molecule has 1 aliphatic rings. The molecule has 1 heterocycles. The molecule has 110 valence electrons. The van der Waals surface area contributed by atoms with Crippen LogP contribution in [0.3, 0.4) is 0 Å². The normalized spacial score (nSPS) is 21.0. The van der Waals surface area contributed by atoms with Crippen molar-refractivity contribution in [1.82, 2.24) is 4.90 Å². The maximum Gasteiger partial charge on any atom is 0.229 e. The minimum Gasteiger partial charge on any atom is -0.399 e. The molecule has 2 rings (SSSR count). The summed E-state index contributed by atoms with van der Waals surface area (Å²) in [7, 11) is 0. The first kappa shape index (κ1) is 14.9. The average molecular weight is 274 g/mol. The van der Waals surface area contributed by atoms with Gasteiger partial charge >= 0.3 is 0 Å². The summed E-state index contributed by atoms with van der Waals surface area (Å²) in [5, 5.41) is 0. The van der Waals surface area contributed by atoms with Crippen LogP contribution in [0.25, 0.3) is 0 Å². The van der Waals surface area contributed by atoms with Gasteiger partial charge in [-0.1, -0.05) is 32.9 Å². The van der Waals surface area contributed by atoms with Crippen LogP contribution >= 0.6 is 0 Å². The molecule has 2 unspecified atom stereocenters. The van der Waals surface area contributed by atoms with Gasteiger partial charge < -0.3 is 10.6 Å². The van der Waals surface area contributed by atoms with Gasteiger partial charge in [0.15, 0.2) is 0 Å². The molecule has 2 N–H and O–H groups in total. The molecule has 1 saturated heterocycles. The van der Waals surface area contributed by atoms with Gasteiger partial charge in [-0.25, -0.2) is 0 Å². The van der Waals surface area contributed by atoms with E-state index in [0.29, 0.717) is 5.92 Å². The molecule has 3 heteroatoms. The van der Waals surface area contributed by atoms with Crippen molar-refractivity contribution in [3.05, 3.63) is 29.8 Å². The van der Waals surface area contributed by atoms with Crippen molar-refractivity contribution in [1.29, 1.82) is 0 Å². The molecule has 1 aromatic carbocycles. The van der Waals surface area contributed by atoms with Crippen LogP contribution in [0.15, 0.2) is 24.3 Å². The summed E-state index contributed by atoms with van der Waals surface area (Å²) >= 11 is 0. The van der Waals surface area contributed by atoms with Gasteiger partial charge in [0.2, 0.25) is 5.91 Å². The first-order valence-electron chi connectivity index (χ1n) is 7.43. The van der Waals surface area contributed by atoms with Crippen LogP contribution < -0.4 is 5.73 Å². The van der Waals surface area contributed by atoms with Crippen molar-refractivity contribution in [2.75, 3.05) is 18.8 Å². The van der Waals surface area contributed by atoms with Crippen LogP contribution in [0.5, 0.6) is 0 Å². The Morgan fingerprint density at radius 1 is 1.40 bits per heavy atom. The minimum absolute atomic E-state index is 0.114. The summed E-state index contributed by atoms with van der Waals surface area (Å²) in [6.07, 6.45) is 1.11. The standard InChI is InChI=1S/C17H26N2O/c1-12(13-6-5-7-15(18)10-13)16(20)19-9-8-14(11-19)17(2,3)4/h5-7,10,12,14H,8-9,11,18H2,1-4H3. The number of amides is 1. The van der Waals surface area contributed by atoms with Crippen molar-refractivity contribution in [2.45, 2.75) is 40.0 Å². The lowest BCUT2D eigenvalue weighted by Crippen LogP contribution is -2.34. The minimum atomic E-state index is -0.114. The number of nitrogens with zero attached hydrogens (tertiary/aromatic N) is 1. The van der Waals surface area contributed by atoms with Crippen molar-refractivity contribution in [2.24, 2.45) is 11.3 Å². The smallest absolute Gasteiger partial charge is 0.229 e. The van der Waals surface area contributed by atoms with Crippen molar-refractivity contribution >= 4 is 11.6 Å². The van der Waals surface area contributed by atoms with Crippen molar-refractivity contribution in [3.63, 3.8) is 0 Å². The quantitative estimate of drug-likeness (QED) is 0.841. The molecule has 1 fully saturated rings. The second-order valence-corrected chi connectivity index (χ2v) is 7.03. The van der Waals surface area contributed by atoms with Gasteiger partial charge in [-0.05, 0) is 42.4 Å². The van der Waals surface area contributed by atoms with Crippen LogP contribution in [0.4, 0.5) is 5.69 Å². The fraction of sp³-hybridized carbons (Fsp3) is 0.588. The maximum absolute atomic E-state index is 12.6. The molecular weight excluding hydrogens is 248 g/mol. The lowest BCUT2D eigenvalue weighted by atomic mass is 9.80. The van der Waals surface area contributed by atoms with Crippen LogP contribution in [0, 0.1) is 11.3 Å². The van der Waals surface area contributed by atoms with E-state index < -0.39 is 0 Å².